The van der Waals surface area contributed by atoms with Crippen molar-refractivity contribution in [2.75, 3.05) is 0 Å². The summed E-state index contributed by atoms with van der Waals surface area (Å²) in [5, 5.41) is 0. The van der Waals surface area contributed by atoms with Gasteiger partial charge >= 0.3 is 0 Å². The van der Waals surface area contributed by atoms with Gasteiger partial charge in [0.15, 0.2) is 0 Å². The molecule has 2 fully saturated rings. The van der Waals surface area contributed by atoms with Gasteiger partial charge in [-0.3, -0.25) is 9.59 Å². The first kappa shape index (κ1) is 9.76. The number of rotatable bonds is 1. The van der Waals surface area contributed by atoms with Crippen LogP contribution in [0.3, 0.4) is 0 Å². The number of fused-ring (bicyclic) bond motifs is 2. The highest BCUT2D eigenvalue weighted by molar-refractivity contribution is 6.07. The molecule has 1 aromatic rings. The third-order valence-electron chi connectivity index (χ3n) is 4.00. The summed E-state index contributed by atoms with van der Waals surface area (Å²) in [6.45, 7) is 0. The molecule has 3 rings (SSSR count). The molecular formula is C14H14O2. The zero-order valence-electron chi connectivity index (χ0n) is 9.06. The molecule has 3 atom stereocenters. The summed E-state index contributed by atoms with van der Waals surface area (Å²) >= 11 is 0. The normalized spacial score (nSPS) is 33.1. The number of carbonyl (C=O) groups excluding carboxylic acids is 2. The number of hydrogen-bond donors (Lipinski definition) is 0. The number of carbonyl (C=O) groups is 2. The van der Waals surface area contributed by atoms with Crippen LogP contribution in [-0.4, -0.2) is 11.6 Å². The smallest absolute Gasteiger partial charge is 0.147 e. The summed E-state index contributed by atoms with van der Waals surface area (Å²) in [6.07, 6.45) is 2.24. The van der Waals surface area contributed by atoms with E-state index in [2.05, 4.69) is 0 Å². The lowest BCUT2D eigenvalue weighted by Crippen LogP contribution is -2.33. The molecule has 0 aromatic heterocycles. The third kappa shape index (κ3) is 1.33. The lowest BCUT2D eigenvalue weighted by Gasteiger charge is -2.27. The molecule has 0 N–H and O–H groups in total. The molecule has 2 bridgehead atoms. The van der Waals surface area contributed by atoms with Crippen molar-refractivity contribution in [1.82, 2.24) is 0 Å². The van der Waals surface area contributed by atoms with Gasteiger partial charge in [-0.05, 0) is 18.4 Å². The van der Waals surface area contributed by atoms with Gasteiger partial charge in [0.2, 0.25) is 0 Å². The van der Waals surface area contributed by atoms with Crippen molar-refractivity contribution in [2.45, 2.75) is 25.2 Å². The van der Waals surface area contributed by atoms with Gasteiger partial charge < -0.3 is 0 Å². The van der Waals surface area contributed by atoms with E-state index in [-0.39, 0.29) is 29.3 Å². The van der Waals surface area contributed by atoms with Gasteiger partial charge in [0.25, 0.3) is 0 Å². The van der Waals surface area contributed by atoms with Crippen molar-refractivity contribution in [2.24, 2.45) is 11.8 Å². The zero-order chi connectivity index (χ0) is 11.1. The average Bonchev–Trinajstić information content (AvgIpc) is 2.58. The summed E-state index contributed by atoms with van der Waals surface area (Å²) in [7, 11) is 0. The molecule has 2 heteroatoms. The second-order valence-corrected chi connectivity index (χ2v) is 4.83. The maximum atomic E-state index is 12.0. The summed E-state index contributed by atoms with van der Waals surface area (Å²) < 4.78 is 0. The third-order valence-corrected chi connectivity index (χ3v) is 4.00. The predicted molar refractivity (Wildman–Crippen MR) is 60.0 cm³/mol. The molecule has 0 spiro atoms. The van der Waals surface area contributed by atoms with Crippen LogP contribution in [0, 0.1) is 11.8 Å². The summed E-state index contributed by atoms with van der Waals surface area (Å²) in [4.78, 5) is 23.8. The first-order valence-electron chi connectivity index (χ1n) is 5.89. The van der Waals surface area contributed by atoms with Crippen LogP contribution in [0.25, 0.3) is 0 Å². The molecule has 1 aromatic carbocycles. The fourth-order valence-corrected chi connectivity index (χ4v) is 3.16. The van der Waals surface area contributed by atoms with Crippen LogP contribution in [0.2, 0.25) is 0 Å². The first-order chi connectivity index (χ1) is 7.77. The van der Waals surface area contributed by atoms with Gasteiger partial charge in [-0.1, -0.05) is 30.3 Å². The fourth-order valence-electron chi connectivity index (χ4n) is 3.16. The predicted octanol–water partition coefficient (Wildman–Crippen LogP) is 2.34. The standard InChI is InChI=1S/C14H14O2/c15-13-8-12(9-4-2-1-3-5-9)10-6-7-11(13)14(10)16/h1-5,10-12H,6-8H2/t10-,11+,12+/m0/s1. The van der Waals surface area contributed by atoms with Gasteiger partial charge in [-0.25, -0.2) is 0 Å². The van der Waals surface area contributed by atoms with Crippen LogP contribution in [0.15, 0.2) is 30.3 Å². The van der Waals surface area contributed by atoms with Crippen LogP contribution in [-0.2, 0) is 9.59 Å². The maximum Gasteiger partial charge on any atom is 0.147 e. The maximum absolute atomic E-state index is 12.0. The van der Waals surface area contributed by atoms with E-state index in [1.807, 2.05) is 30.3 Å². The Balaban J connectivity index is 1.97. The first-order valence-corrected chi connectivity index (χ1v) is 5.89. The summed E-state index contributed by atoms with van der Waals surface area (Å²) in [6, 6.07) is 9.98. The highest BCUT2D eigenvalue weighted by Crippen LogP contribution is 2.45. The molecule has 0 heterocycles. The molecule has 0 aliphatic heterocycles. The van der Waals surface area contributed by atoms with E-state index >= 15 is 0 Å². The second-order valence-electron chi connectivity index (χ2n) is 4.83. The Kier molecular flexibility index (Phi) is 2.16. The molecule has 0 unspecified atom stereocenters. The van der Waals surface area contributed by atoms with Crippen molar-refractivity contribution in [3.63, 3.8) is 0 Å². The number of ketones is 2. The van der Waals surface area contributed by atoms with Crippen molar-refractivity contribution in [3.8, 4) is 0 Å². The number of hydrogen-bond acceptors (Lipinski definition) is 2. The molecule has 2 aliphatic carbocycles. The van der Waals surface area contributed by atoms with E-state index in [4.69, 9.17) is 0 Å². The van der Waals surface area contributed by atoms with Crippen LogP contribution in [0.4, 0.5) is 0 Å². The van der Waals surface area contributed by atoms with Gasteiger partial charge in [0.05, 0.1) is 5.92 Å². The minimum atomic E-state index is -0.259. The molecule has 0 saturated heterocycles. The van der Waals surface area contributed by atoms with Crippen LogP contribution in [0.1, 0.15) is 30.7 Å². The molecule has 82 valence electrons. The fraction of sp³-hybridized carbons (Fsp3) is 0.429. The van der Waals surface area contributed by atoms with Gasteiger partial charge in [0, 0.05) is 18.3 Å². The van der Waals surface area contributed by atoms with Gasteiger partial charge in [-0.2, -0.15) is 0 Å². The highest BCUT2D eigenvalue weighted by Gasteiger charge is 2.47. The Morgan fingerprint density at radius 3 is 2.44 bits per heavy atom. The van der Waals surface area contributed by atoms with Crippen LogP contribution < -0.4 is 0 Å². The molecule has 0 amide bonds. The van der Waals surface area contributed by atoms with Crippen molar-refractivity contribution in [3.05, 3.63) is 35.9 Å². The monoisotopic (exact) mass is 214 g/mol. The van der Waals surface area contributed by atoms with E-state index < -0.39 is 0 Å². The van der Waals surface area contributed by atoms with Crippen LogP contribution in [0.5, 0.6) is 0 Å². The Labute approximate surface area is 94.7 Å². The van der Waals surface area contributed by atoms with Crippen LogP contribution >= 0.6 is 0 Å². The minimum absolute atomic E-state index is 0.102. The highest BCUT2D eigenvalue weighted by atomic mass is 16.2. The largest absolute Gasteiger partial charge is 0.299 e. The molecule has 2 nitrogen and oxygen atoms in total. The summed E-state index contributed by atoms with van der Waals surface area (Å²) in [5.74, 6) is 0.340. The second kappa shape index (κ2) is 3.55. The lowest BCUT2D eigenvalue weighted by molar-refractivity contribution is -0.136. The van der Waals surface area contributed by atoms with E-state index in [0.29, 0.717) is 6.42 Å². The van der Waals surface area contributed by atoms with E-state index in [1.54, 1.807) is 0 Å². The Morgan fingerprint density at radius 1 is 0.938 bits per heavy atom. The number of benzene rings is 1. The molecule has 16 heavy (non-hydrogen) atoms. The molecule has 2 aliphatic rings. The van der Waals surface area contributed by atoms with Crippen molar-refractivity contribution >= 4 is 11.6 Å². The van der Waals surface area contributed by atoms with E-state index in [1.165, 1.54) is 0 Å². The SMILES string of the molecule is O=C1C[C@H](c2ccccc2)[C@@H]2CC[C@H]1C2=O. The van der Waals surface area contributed by atoms with Gasteiger partial charge in [-0.15, -0.1) is 0 Å². The van der Waals surface area contributed by atoms with E-state index in [0.717, 1.165) is 18.4 Å². The topological polar surface area (TPSA) is 34.1 Å². The molecule has 2 saturated carbocycles. The molecule has 0 radical (unpaired) electrons. The quantitative estimate of drug-likeness (QED) is 0.672. The Hall–Kier alpha value is -1.44. The Bertz CT molecular complexity index is 435. The zero-order valence-corrected chi connectivity index (χ0v) is 9.06. The van der Waals surface area contributed by atoms with Gasteiger partial charge in [0.1, 0.15) is 11.6 Å². The summed E-state index contributed by atoms with van der Waals surface area (Å²) in [5.41, 5.74) is 1.15. The minimum Gasteiger partial charge on any atom is -0.299 e. The Morgan fingerprint density at radius 2 is 1.69 bits per heavy atom. The average molecular weight is 214 g/mol. The van der Waals surface area contributed by atoms with Crippen molar-refractivity contribution < 1.29 is 9.59 Å². The lowest BCUT2D eigenvalue weighted by atomic mass is 9.75. The number of Topliss-reactive ketones (excluding diaryl/α,β-unsaturated/α-hetero) is 2. The van der Waals surface area contributed by atoms with E-state index in [9.17, 15) is 9.59 Å². The molecular weight excluding hydrogens is 200 g/mol. The van der Waals surface area contributed by atoms with Crippen molar-refractivity contribution in [1.29, 1.82) is 0 Å².